The van der Waals surface area contributed by atoms with Crippen LogP contribution in [0.2, 0.25) is 0 Å². The molecule has 0 aromatic rings. The minimum absolute atomic E-state index is 0.473. The largest absolute Gasteiger partial charge is 0.375 e. The summed E-state index contributed by atoms with van der Waals surface area (Å²) >= 11 is 0. The topological polar surface area (TPSA) is 21.3 Å². The lowest BCUT2D eigenvalue weighted by molar-refractivity contribution is 0.0564. The maximum atomic E-state index is 5.83. The van der Waals surface area contributed by atoms with Crippen LogP contribution < -0.4 is 5.32 Å². The van der Waals surface area contributed by atoms with Crippen LogP contribution in [-0.2, 0) is 4.74 Å². The average molecular weight is 239 g/mol. The SMILES string of the molecule is C/C(=C/CCNCC(C)C)CC1CCC(C)O1. The molecule has 1 rings (SSSR count). The zero-order valence-corrected chi connectivity index (χ0v) is 12.0. The van der Waals surface area contributed by atoms with E-state index in [1.165, 1.54) is 18.4 Å². The first-order valence-electron chi connectivity index (χ1n) is 7.09. The lowest BCUT2D eigenvalue weighted by Crippen LogP contribution is -2.20. The van der Waals surface area contributed by atoms with Gasteiger partial charge in [0.25, 0.3) is 0 Å². The van der Waals surface area contributed by atoms with Crippen molar-refractivity contribution in [2.45, 2.75) is 65.6 Å². The summed E-state index contributed by atoms with van der Waals surface area (Å²) in [6, 6.07) is 0. The molecule has 2 nitrogen and oxygen atoms in total. The Balaban J connectivity index is 2.08. The third-order valence-corrected chi connectivity index (χ3v) is 3.24. The van der Waals surface area contributed by atoms with Gasteiger partial charge in [-0.25, -0.2) is 0 Å². The van der Waals surface area contributed by atoms with Gasteiger partial charge in [-0.3, -0.25) is 0 Å². The Morgan fingerprint density at radius 3 is 2.76 bits per heavy atom. The van der Waals surface area contributed by atoms with Gasteiger partial charge < -0.3 is 10.1 Å². The van der Waals surface area contributed by atoms with Gasteiger partial charge in [-0.05, 0) is 58.5 Å². The van der Waals surface area contributed by atoms with Crippen LogP contribution in [0.5, 0.6) is 0 Å². The van der Waals surface area contributed by atoms with E-state index < -0.39 is 0 Å². The summed E-state index contributed by atoms with van der Waals surface area (Å²) in [5, 5.41) is 3.47. The normalized spacial score (nSPS) is 25.8. The fourth-order valence-corrected chi connectivity index (χ4v) is 2.29. The Morgan fingerprint density at radius 2 is 2.18 bits per heavy atom. The molecule has 2 atom stereocenters. The van der Waals surface area contributed by atoms with E-state index in [4.69, 9.17) is 4.74 Å². The highest BCUT2D eigenvalue weighted by molar-refractivity contribution is 5.00. The van der Waals surface area contributed by atoms with Gasteiger partial charge in [0, 0.05) is 0 Å². The summed E-state index contributed by atoms with van der Waals surface area (Å²) in [6.07, 6.45) is 8.03. The van der Waals surface area contributed by atoms with Gasteiger partial charge in [0.1, 0.15) is 0 Å². The fraction of sp³-hybridized carbons (Fsp3) is 0.867. The summed E-state index contributed by atoms with van der Waals surface area (Å²) in [6.45, 7) is 11.1. The Labute approximate surface area is 107 Å². The molecule has 2 heteroatoms. The van der Waals surface area contributed by atoms with Crippen molar-refractivity contribution in [3.05, 3.63) is 11.6 Å². The van der Waals surface area contributed by atoms with Crippen LogP contribution in [0.25, 0.3) is 0 Å². The number of hydrogen-bond acceptors (Lipinski definition) is 2. The van der Waals surface area contributed by atoms with Crippen molar-refractivity contribution in [2.24, 2.45) is 5.92 Å². The summed E-state index contributed by atoms with van der Waals surface area (Å²) in [4.78, 5) is 0. The number of rotatable bonds is 7. The quantitative estimate of drug-likeness (QED) is 0.542. The van der Waals surface area contributed by atoms with E-state index in [2.05, 4.69) is 39.1 Å². The van der Waals surface area contributed by atoms with Crippen molar-refractivity contribution in [1.29, 1.82) is 0 Å². The van der Waals surface area contributed by atoms with E-state index in [1.54, 1.807) is 0 Å². The molecule has 0 radical (unpaired) electrons. The second-order valence-electron chi connectivity index (χ2n) is 5.79. The molecule has 0 bridgehead atoms. The van der Waals surface area contributed by atoms with Crippen molar-refractivity contribution in [1.82, 2.24) is 5.32 Å². The third kappa shape index (κ3) is 6.85. The Kier molecular flexibility index (Phi) is 6.83. The molecule has 0 aliphatic carbocycles. The number of hydrogen-bond donors (Lipinski definition) is 1. The Morgan fingerprint density at radius 1 is 1.41 bits per heavy atom. The first-order chi connectivity index (χ1) is 8.08. The smallest absolute Gasteiger partial charge is 0.0616 e. The fourth-order valence-electron chi connectivity index (χ4n) is 2.29. The second kappa shape index (κ2) is 7.88. The standard InChI is InChI=1S/C15H29NO/c1-12(2)11-16-9-5-6-13(3)10-15-8-7-14(4)17-15/h6,12,14-16H,5,7-11H2,1-4H3/b13-6-. The minimum atomic E-state index is 0.473. The Bertz CT molecular complexity index is 235. The van der Waals surface area contributed by atoms with Gasteiger partial charge in [-0.1, -0.05) is 25.5 Å². The molecule has 0 amide bonds. The van der Waals surface area contributed by atoms with E-state index in [-0.39, 0.29) is 0 Å². The molecule has 100 valence electrons. The van der Waals surface area contributed by atoms with Gasteiger partial charge >= 0.3 is 0 Å². The Hall–Kier alpha value is -0.340. The van der Waals surface area contributed by atoms with Crippen molar-refractivity contribution in [2.75, 3.05) is 13.1 Å². The van der Waals surface area contributed by atoms with Crippen LogP contribution in [0.15, 0.2) is 11.6 Å². The van der Waals surface area contributed by atoms with Crippen molar-refractivity contribution < 1.29 is 4.74 Å². The minimum Gasteiger partial charge on any atom is -0.375 e. The molecule has 2 unspecified atom stereocenters. The summed E-state index contributed by atoms with van der Waals surface area (Å²) in [5.74, 6) is 0.744. The van der Waals surface area contributed by atoms with Gasteiger partial charge in [0.05, 0.1) is 12.2 Å². The average Bonchev–Trinajstić information content (AvgIpc) is 2.63. The van der Waals surface area contributed by atoms with Gasteiger partial charge in [0.2, 0.25) is 0 Å². The third-order valence-electron chi connectivity index (χ3n) is 3.24. The summed E-state index contributed by atoms with van der Waals surface area (Å²) in [5.41, 5.74) is 1.48. The van der Waals surface area contributed by atoms with Crippen molar-refractivity contribution in [3.8, 4) is 0 Å². The molecule has 0 aromatic heterocycles. The highest BCUT2D eigenvalue weighted by Gasteiger charge is 2.21. The monoisotopic (exact) mass is 239 g/mol. The molecule has 0 spiro atoms. The highest BCUT2D eigenvalue weighted by atomic mass is 16.5. The van der Waals surface area contributed by atoms with Crippen molar-refractivity contribution in [3.63, 3.8) is 0 Å². The maximum absolute atomic E-state index is 5.83. The predicted molar refractivity (Wildman–Crippen MR) is 74.3 cm³/mol. The number of nitrogens with one attached hydrogen (secondary N) is 1. The zero-order chi connectivity index (χ0) is 12.7. The van der Waals surface area contributed by atoms with Gasteiger partial charge in [0.15, 0.2) is 0 Å². The highest BCUT2D eigenvalue weighted by Crippen LogP contribution is 2.24. The van der Waals surface area contributed by atoms with Crippen molar-refractivity contribution >= 4 is 0 Å². The van der Waals surface area contributed by atoms with E-state index in [0.717, 1.165) is 31.8 Å². The maximum Gasteiger partial charge on any atom is 0.0616 e. The molecule has 0 aromatic carbocycles. The van der Waals surface area contributed by atoms with Crippen LogP contribution in [0.1, 0.15) is 53.4 Å². The molecule has 17 heavy (non-hydrogen) atoms. The molecular weight excluding hydrogens is 210 g/mol. The molecule has 0 saturated carbocycles. The van der Waals surface area contributed by atoms with E-state index in [1.807, 2.05) is 0 Å². The molecule has 1 aliphatic heterocycles. The van der Waals surface area contributed by atoms with E-state index in [9.17, 15) is 0 Å². The first kappa shape index (κ1) is 14.7. The molecular formula is C15H29NO. The zero-order valence-electron chi connectivity index (χ0n) is 12.0. The second-order valence-corrected chi connectivity index (χ2v) is 5.79. The molecule has 1 aliphatic rings. The van der Waals surface area contributed by atoms with Crippen LogP contribution in [0.3, 0.4) is 0 Å². The lowest BCUT2D eigenvalue weighted by Gasteiger charge is -2.11. The van der Waals surface area contributed by atoms with E-state index in [0.29, 0.717) is 12.2 Å². The molecule has 1 N–H and O–H groups in total. The first-order valence-corrected chi connectivity index (χ1v) is 7.09. The van der Waals surface area contributed by atoms with Crippen LogP contribution in [0, 0.1) is 5.92 Å². The van der Waals surface area contributed by atoms with Gasteiger partial charge in [-0.15, -0.1) is 0 Å². The van der Waals surface area contributed by atoms with Crippen LogP contribution in [0.4, 0.5) is 0 Å². The van der Waals surface area contributed by atoms with Crippen LogP contribution >= 0.6 is 0 Å². The molecule has 1 fully saturated rings. The summed E-state index contributed by atoms with van der Waals surface area (Å²) in [7, 11) is 0. The molecule has 1 heterocycles. The summed E-state index contributed by atoms with van der Waals surface area (Å²) < 4.78 is 5.83. The predicted octanol–water partition coefficient (Wildman–Crippen LogP) is 3.53. The number of ether oxygens (including phenoxy) is 1. The van der Waals surface area contributed by atoms with Gasteiger partial charge in [-0.2, -0.15) is 0 Å². The van der Waals surface area contributed by atoms with Crippen LogP contribution in [-0.4, -0.2) is 25.3 Å². The van der Waals surface area contributed by atoms with E-state index >= 15 is 0 Å². The lowest BCUT2D eigenvalue weighted by atomic mass is 10.1. The molecule has 1 saturated heterocycles.